The van der Waals surface area contributed by atoms with Crippen molar-refractivity contribution in [2.75, 3.05) is 46.5 Å². The Labute approximate surface area is 157 Å². The van der Waals surface area contributed by atoms with Crippen molar-refractivity contribution in [3.05, 3.63) is 29.8 Å². The van der Waals surface area contributed by atoms with Crippen molar-refractivity contribution in [3.8, 4) is 5.75 Å². The molecule has 0 bridgehead atoms. The molecule has 0 radical (unpaired) electrons. The van der Waals surface area contributed by atoms with E-state index in [-0.39, 0.29) is 0 Å². The molecule has 3 rings (SSSR count). The van der Waals surface area contributed by atoms with Crippen LogP contribution in [-0.2, 0) is 4.74 Å². The minimum Gasteiger partial charge on any atom is -0.493 e. The molecular weight excluding hydrogens is 326 g/mol. The van der Waals surface area contributed by atoms with Crippen LogP contribution in [-0.4, -0.2) is 57.4 Å². The Balaban J connectivity index is 1.58. The second-order valence-corrected chi connectivity index (χ2v) is 7.33. The SMILES string of the molecule is CCNC(=NCC1CCOc2ccccc21)N(C)CCC1CCOCC1. The molecule has 1 atom stereocenters. The maximum atomic E-state index is 5.78. The first-order valence-corrected chi connectivity index (χ1v) is 10.1. The van der Waals surface area contributed by atoms with Gasteiger partial charge in [-0.05, 0) is 50.2 Å². The standard InChI is InChI=1S/C21H33N3O2/c1-3-22-21(24(2)12-8-17-9-13-25-14-10-17)23-16-18-11-15-26-20-7-5-4-6-19(18)20/h4-7,17-18H,3,8-16H2,1-2H3,(H,22,23). The van der Waals surface area contributed by atoms with E-state index in [1.807, 2.05) is 6.07 Å². The van der Waals surface area contributed by atoms with Crippen LogP contribution in [0.3, 0.4) is 0 Å². The molecule has 2 aliphatic heterocycles. The molecular formula is C21H33N3O2. The molecule has 1 saturated heterocycles. The second kappa shape index (κ2) is 9.81. The summed E-state index contributed by atoms with van der Waals surface area (Å²) in [6, 6.07) is 8.38. The van der Waals surface area contributed by atoms with Crippen LogP contribution in [0.1, 0.15) is 44.1 Å². The molecule has 1 fully saturated rings. The lowest BCUT2D eigenvalue weighted by atomic mass is 9.93. The number of para-hydroxylation sites is 1. The average molecular weight is 360 g/mol. The molecule has 1 aromatic carbocycles. The maximum Gasteiger partial charge on any atom is 0.193 e. The molecule has 1 aromatic rings. The molecule has 1 unspecified atom stereocenters. The highest BCUT2D eigenvalue weighted by atomic mass is 16.5. The summed E-state index contributed by atoms with van der Waals surface area (Å²) in [4.78, 5) is 7.23. The second-order valence-electron chi connectivity index (χ2n) is 7.33. The number of benzene rings is 1. The topological polar surface area (TPSA) is 46.1 Å². The fourth-order valence-electron chi connectivity index (χ4n) is 3.79. The number of aliphatic imine (C=N–C) groups is 1. The van der Waals surface area contributed by atoms with E-state index < -0.39 is 0 Å². The van der Waals surface area contributed by atoms with Crippen LogP contribution in [0, 0.1) is 5.92 Å². The van der Waals surface area contributed by atoms with Crippen LogP contribution in [0.2, 0.25) is 0 Å². The van der Waals surface area contributed by atoms with E-state index in [0.717, 1.165) is 63.5 Å². The van der Waals surface area contributed by atoms with Crippen LogP contribution in [0.25, 0.3) is 0 Å². The van der Waals surface area contributed by atoms with E-state index in [4.69, 9.17) is 14.5 Å². The van der Waals surface area contributed by atoms with Crippen LogP contribution in [0.4, 0.5) is 0 Å². The van der Waals surface area contributed by atoms with Crippen LogP contribution in [0.15, 0.2) is 29.3 Å². The number of ether oxygens (including phenoxy) is 2. The number of rotatable bonds is 6. The predicted octanol–water partition coefficient (Wildman–Crippen LogP) is 3.27. The normalized spacial score (nSPS) is 21.0. The first-order chi connectivity index (χ1) is 12.8. The fraction of sp³-hybridized carbons (Fsp3) is 0.667. The van der Waals surface area contributed by atoms with Gasteiger partial charge < -0.3 is 19.7 Å². The zero-order valence-electron chi connectivity index (χ0n) is 16.2. The van der Waals surface area contributed by atoms with E-state index in [1.54, 1.807) is 0 Å². The third-order valence-corrected chi connectivity index (χ3v) is 5.45. The predicted molar refractivity (Wildman–Crippen MR) is 106 cm³/mol. The number of nitrogens with one attached hydrogen (secondary N) is 1. The Morgan fingerprint density at radius 3 is 2.81 bits per heavy atom. The third kappa shape index (κ3) is 5.13. The fourth-order valence-corrected chi connectivity index (χ4v) is 3.79. The van der Waals surface area contributed by atoms with E-state index in [1.165, 1.54) is 24.8 Å². The number of hydrogen-bond donors (Lipinski definition) is 1. The van der Waals surface area contributed by atoms with Gasteiger partial charge in [-0.3, -0.25) is 4.99 Å². The molecule has 0 spiro atoms. The first-order valence-electron chi connectivity index (χ1n) is 10.1. The van der Waals surface area contributed by atoms with Crippen molar-refractivity contribution in [3.63, 3.8) is 0 Å². The van der Waals surface area contributed by atoms with Gasteiger partial charge >= 0.3 is 0 Å². The molecule has 2 aliphatic rings. The summed E-state index contributed by atoms with van der Waals surface area (Å²) in [5.41, 5.74) is 1.29. The molecule has 0 amide bonds. The Hall–Kier alpha value is -1.75. The van der Waals surface area contributed by atoms with Crippen molar-refractivity contribution < 1.29 is 9.47 Å². The molecule has 5 nitrogen and oxygen atoms in total. The maximum absolute atomic E-state index is 5.78. The Morgan fingerprint density at radius 2 is 2.00 bits per heavy atom. The Kier molecular flexibility index (Phi) is 7.18. The van der Waals surface area contributed by atoms with E-state index in [9.17, 15) is 0 Å². The van der Waals surface area contributed by atoms with E-state index in [2.05, 4.69) is 42.4 Å². The smallest absolute Gasteiger partial charge is 0.193 e. The average Bonchev–Trinajstić information content (AvgIpc) is 2.70. The minimum atomic E-state index is 0.442. The summed E-state index contributed by atoms with van der Waals surface area (Å²) < 4.78 is 11.2. The van der Waals surface area contributed by atoms with Gasteiger partial charge in [0.05, 0.1) is 6.61 Å². The molecule has 144 valence electrons. The molecule has 26 heavy (non-hydrogen) atoms. The van der Waals surface area contributed by atoms with Crippen LogP contribution in [0.5, 0.6) is 5.75 Å². The number of hydrogen-bond acceptors (Lipinski definition) is 3. The van der Waals surface area contributed by atoms with Crippen molar-refractivity contribution in [1.29, 1.82) is 0 Å². The highest BCUT2D eigenvalue weighted by Gasteiger charge is 2.21. The summed E-state index contributed by atoms with van der Waals surface area (Å²) >= 11 is 0. The Bertz CT molecular complexity index is 584. The molecule has 0 aromatic heterocycles. The monoisotopic (exact) mass is 359 g/mol. The van der Waals surface area contributed by atoms with Gasteiger partial charge in [0, 0.05) is 45.8 Å². The Morgan fingerprint density at radius 1 is 1.19 bits per heavy atom. The lowest BCUT2D eigenvalue weighted by Crippen LogP contribution is -2.40. The molecule has 0 aliphatic carbocycles. The van der Waals surface area contributed by atoms with Gasteiger partial charge in [0.15, 0.2) is 5.96 Å². The largest absolute Gasteiger partial charge is 0.493 e. The van der Waals surface area contributed by atoms with Gasteiger partial charge in [0.1, 0.15) is 5.75 Å². The van der Waals surface area contributed by atoms with Crippen LogP contribution >= 0.6 is 0 Å². The van der Waals surface area contributed by atoms with Gasteiger partial charge in [-0.25, -0.2) is 0 Å². The summed E-state index contributed by atoms with van der Waals surface area (Å²) in [7, 11) is 2.15. The lowest BCUT2D eigenvalue weighted by molar-refractivity contribution is 0.0625. The van der Waals surface area contributed by atoms with Crippen molar-refractivity contribution in [1.82, 2.24) is 10.2 Å². The number of guanidine groups is 1. The first kappa shape index (κ1) is 19.0. The van der Waals surface area contributed by atoms with Crippen molar-refractivity contribution in [2.45, 2.75) is 38.5 Å². The zero-order valence-corrected chi connectivity index (χ0v) is 16.2. The van der Waals surface area contributed by atoms with Gasteiger partial charge in [0.25, 0.3) is 0 Å². The van der Waals surface area contributed by atoms with Gasteiger partial charge in [0.2, 0.25) is 0 Å². The summed E-state index contributed by atoms with van der Waals surface area (Å²) in [5.74, 6) is 3.27. The number of nitrogens with zero attached hydrogens (tertiary/aromatic N) is 2. The molecule has 5 heteroatoms. The highest BCUT2D eigenvalue weighted by molar-refractivity contribution is 5.79. The summed E-state index contributed by atoms with van der Waals surface area (Å²) in [6.45, 7) is 7.51. The van der Waals surface area contributed by atoms with E-state index in [0.29, 0.717) is 5.92 Å². The quantitative estimate of drug-likeness (QED) is 0.625. The summed E-state index contributed by atoms with van der Waals surface area (Å²) in [5, 5.41) is 3.45. The molecule has 2 heterocycles. The van der Waals surface area contributed by atoms with Crippen molar-refractivity contribution >= 4 is 5.96 Å². The summed E-state index contributed by atoms with van der Waals surface area (Å²) in [6.07, 6.45) is 4.64. The zero-order chi connectivity index (χ0) is 18.2. The van der Waals surface area contributed by atoms with E-state index >= 15 is 0 Å². The lowest BCUT2D eigenvalue weighted by Gasteiger charge is -2.28. The minimum absolute atomic E-state index is 0.442. The molecule has 1 N–H and O–H groups in total. The van der Waals surface area contributed by atoms with Crippen molar-refractivity contribution in [2.24, 2.45) is 10.9 Å². The van der Waals surface area contributed by atoms with Gasteiger partial charge in [-0.2, -0.15) is 0 Å². The molecule has 0 saturated carbocycles. The number of fused-ring (bicyclic) bond motifs is 1. The highest BCUT2D eigenvalue weighted by Crippen LogP contribution is 2.33. The third-order valence-electron chi connectivity index (χ3n) is 5.45. The van der Waals surface area contributed by atoms with Gasteiger partial charge in [-0.15, -0.1) is 0 Å². The van der Waals surface area contributed by atoms with Crippen LogP contribution < -0.4 is 10.1 Å². The van der Waals surface area contributed by atoms with Gasteiger partial charge in [-0.1, -0.05) is 18.2 Å².